The number of hydrogen-bond acceptors (Lipinski definition) is 7. The summed E-state index contributed by atoms with van der Waals surface area (Å²) in [5.41, 5.74) is 2.32. The molecule has 36 heavy (non-hydrogen) atoms. The summed E-state index contributed by atoms with van der Waals surface area (Å²) >= 11 is 8.57. The number of thiazole rings is 1. The molecule has 0 amide bonds. The predicted octanol–water partition coefficient (Wildman–Crippen LogP) is 4.91. The maximum Gasteiger partial charge on any atom is 0.301 e. The van der Waals surface area contributed by atoms with E-state index in [9.17, 15) is 16.8 Å². The lowest BCUT2D eigenvalue weighted by molar-refractivity contribution is -0.669. The van der Waals surface area contributed by atoms with Crippen LogP contribution in [-0.2, 0) is 26.8 Å². The summed E-state index contributed by atoms with van der Waals surface area (Å²) in [6.45, 7) is 2.18. The van der Waals surface area contributed by atoms with E-state index in [0.717, 1.165) is 20.8 Å². The topological polar surface area (TPSA) is 116 Å². The van der Waals surface area contributed by atoms with Crippen molar-refractivity contribution < 1.29 is 34.9 Å². The zero-order chi connectivity index (χ0) is 26.3. The highest BCUT2D eigenvalue weighted by atomic mass is 35.5. The molecule has 0 unspecified atom stereocenters. The molecule has 0 atom stereocenters. The third kappa shape index (κ3) is 6.39. The van der Waals surface area contributed by atoms with E-state index in [1.807, 2.05) is 25.1 Å². The Bertz CT molecular complexity index is 1570. The lowest BCUT2D eigenvalue weighted by Crippen LogP contribution is -2.37. The molecule has 0 saturated heterocycles. The zero-order valence-electron chi connectivity index (χ0n) is 19.0. The molecule has 3 aromatic rings. The Morgan fingerprint density at radius 1 is 1.06 bits per heavy atom. The van der Waals surface area contributed by atoms with Crippen LogP contribution < -0.4 is 9.47 Å². The van der Waals surface area contributed by atoms with E-state index in [4.69, 9.17) is 20.7 Å². The first kappa shape index (κ1) is 27.3. The Morgan fingerprint density at radius 3 is 2.44 bits per heavy atom. The summed E-state index contributed by atoms with van der Waals surface area (Å²) in [7, 11) is -8.35. The average Bonchev–Trinajstić information content (AvgIpc) is 3.30. The van der Waals surface area contributed by atoms with Gasteiger partial charge in [-0.05, 0) is 43.2 Å². The molecule has 0 saturated carbocycles. The van der Waals surface area contributed by atoms with Crippen molar-refractivity contribution in [1.29, 1.82) is 0 Å². The van der Waals surface area contributed by atoms with Gasteiger partial charge in [0.15, 0.2) is 6.54 Å². The molecule has 4 rings (SSSR count). The van der Waals surface area contributed by atoms with Crippen LogP contribution in [0.25, 0.3) is 16.0 Å². The number of anilines is 1. The van der Waals surface area contributed by atoms with Gasteiger partial charge in [-0.2, -0.15) is 25.8 Å². The quantitative estimate of drug-likeness (QED) is 0.265. The highest BCUT2D eigenvalue weighted by Gasteiger charge is 2.34. The van der Waals surface area contributed by atoms with Crippen molar-refractivity contribution in [3.05, 3.63) is 57.0 Å². The van der Waals surface area contributed by atoms with Crippen LogP contribution in [0.2, 0.25) is 5.02 Å². The van der Waals surface area contributed by atoms with Crippen LogP contribution in [0.3, 0.4) is 0 Å². The molecule has 0 aliphatic carbocycles. The van der Waals surface area contributed by atoms with Crippen molar-refractivity contribution in [2.45, 2.75) is 31.2 Å². The van der Waals surface area contributed by atoms with E-state index in [1.165, 1.54) is 23.1 Å². The molecule has 2 N–H and O–H groups in total. The smallest absolute Gasteiger partial charge is 0.301 e. The number of halogens is 2. The molecular formula is C22H23ClFN2O6S4+. The Morgan fingerprint density at radius 2 is 1.75 bits per heavy atom. The van der Waals surface area contributed by atoms with Crippen LogP contribution in [0.1, 0.15) is 23.4 Å². The molecule has 1 aliphatic heterocycles. The standard InChI is InChI=1S/C22H22ClFN2O6S4/c1-14-4-6-18-16(12-14)25(8-2-10-35(27,28)29)21(33-18)20(24)22-26(9-3-11-36(30,31)32)17-13-15(23)5-7-19(17)34-22/h4-7,12-13H,2-3,8-11H2,1H3,(H-,27,28,29,30,31,32)/p+1. The summed E-state index contributed by atoms with van der Waals surface area (Å²) < 4.78 is 82.0. The first-order valence-electron chi connectivity index (χ1n) is 10.8. The SMILES string of the molecule is Cc1ccc2c(c1)N(CCCS(=O)(=O)O)/C(=C(\F)c1sc3ccc(Cl)cc3[n+]1CCCS(=O)(=O)O)S2. The van der Waals surface area contributed by atoms with Crippen LogP contribution >= 0.6 is 34.7 Å². The Hall–Kier alpha value is -1.74. The molecule has 0 spiro atoms. The maximum absolute atomic E-state index is 16.3. The van der Waals surface area contributed by atoms with Gasteiger partial charge >= 0.3 is 5.01 Å². The fourth-order valence-electron chi connectivity index (χ4n) is 3.92. The van der Waals surface area contributed by atoms with Gasteiger partial charge in [0.2, 0.25) is 11.3 Å². The van der Waals surface area contributed by atoms with E-state index in [0.29, 0.717) is 10.5 Å². The average molecular weight is 594 g/mol. The Balaban J connectivity index is 1.79. The zero-order valence-corrected chi connectivity index (χ0v) is 23.0. The number of aromatic nitrogens is 1. The van der Waals surface area contributed by atoms with Crippen LogP contribution in [0.5, 0.6) is 0 Å². The van der Waals surface area contributed by atoms with Crippen LogP contribution in [-0.4, -0.2) is 44.0 Å². The molecule has 14 heteroatoms. The van der Waals surface area contributed by atoms with Gasteiger partial charge in [0, 0.05) is 29.0 Å². The second kappa shape index (κ2) is 10.6. The molecule has 0 radical (unpaired) electrons. The van der Waals surface area contributed by atoms with Crippen LogP contribution in [0.4, 0.5) is 10.1 Å². The number of hydrogen-bond donors (Lipinski definition) is 2. The van der Waals surface area contributed by atoms with E-state index in [-0.39, 0.29) is 36.0 Å². The van der Waals surface area contributed by atoms with Crippen LogP contribution in [0.15, 0.2) is 46.3 Å². The van der Waals surface area contributed by atoms with Crippen molar-refractivity contribution in [1.82, 2.24) is 0 Å². The van der Waals surface area contributed by atoms with Gasteiger partial charge in [-0.3, -0.25) is 9.11 Å². The third-order valence-electron chi connectivity index (χ3n) is 5.46. The summed E-state index contributed by atoms with van der Waals surface area (Å²) in [6, 6.07) is 10.8. The molecule has 2 heterocycles. The number of nitrogens with zero attached hydrogens (tertiary/aromatic N) is 2. The van der Waals surface area contributed by atoms with Crippen molar-refractivity contribution in [3.8, 4) is 0 Å². The molecule has 8 nitrogen and oxygen atoms in total. The van der Waals surface area contributed by atoms with Gasteiger partial charge < -0.3 is 4.90 Å². The molecule has 2 aromatic carbocycles. The van der Waals surface area contributed by atoms with E-state index >= 15 is 4.39 Å². The van der Waals surface area contributed by atoms with Gasteiger partial charge in [-0.15, -0.1) is 0 Å². The Kier molecular flexibility index (Phi) is 8.01. The minimum Gasteiger partial charge on any atom is -0.332 e. The monoisotopic (exact) mass is 593 g/mol. The molecule has 1 aliphatic rings. The predicted molar refractivity (Wildman–Crippen MR) is 142 cm³/mol. The van der Waals surface area contributed by atoms with E-state index < -0.39 is 37.6 Å². The molecular weight excluding hydrogens is 571 g/mol. The maximum atomic E-state index is 16.3. The van der Waals surface area contributed by atoms with Crippen molar-refractivity contribution >= 4 is 76.7 Å². The van der Waals surface area contributed by atoms with E-state index in [1.54, 1.807) is 27.7 Å². The van der Waals surface area contributed by atoms with E-state index in [2.05, 4.69) is 0 Å². The minimum absolute atomic E-state index is 0.0576. The highest BCUT2D eigenvalue weighted by Crippen LogP contribution is 2.49. The van der Waals surface area contributed by atoms with Gasteiger partial charge in [0.05, 0.1) is 17.2 Å². The molecule has 1 aromatic heterocycles. The molecule has 0 bridgehead atoms. The lowest BCUT2D eigenvalue weighted by Gasteiger charge is -2.20. The number of fused-ring (bicyclic) bond motifs is 2. The first-order chi connectivity index (χ1) is 16.8. The number of rotatable bonds is 9. The van der Waals surface area contributed by atoms with Crippen molar-refractivity contribution in [3.63, 3.8) is 0 Å². The molecule has 194 valence electrons. The number of thioether (sulfide) groups is 1. The summed E-state index contributed by atoms with van der Waals surface area (Å²) in [5.74, 6) is -1.48. The number of aryl methyl sites for hydroxylation is 2. The third-order valence-corrected chi connectivity index (χ3v) is 9.62. The normalized spacial score (nSPS) is 15.5. The lowest BCUT2D eigenvalue weighted by atomic mass is 10.2. The summed E-state index contributed by atoms with van der Waals surface area (Å²) in [5, 5.41) is 0.954. The molecule has 0 fully saturated rings. The van der Waals surface area contributed by atoms with Crippen molar-refractivity contribution in [2.75, 3.05) is 23.0 Å². The minimum atomic E-state index is -4.18. The fourth-order valence-corrected chi connectivity index (χ4v) is 7.35. The van der Waals surface area contributed by atoms with Gasteiger partial charge in [0.1, 0.15) is 9.73 Å². The largest absolute Gasteiger partial charge is 0.332 e. The highest BCUT2D eigenvalue weighted by molar-refractivity contribution is 8.04. The van der Waals surface area contributed by atoms with Crippen LogP contribution in [0, 0.1) is 6.92 Å². The second-order valence-electron chi connectivity index (χ2n) is 8.29. The van der Waals surface area contributed by atoms with Crippen molar-refractivity contribution in [2.24, 2.45) is 0 Å². The second-order valence-corrected chi connectivity index (χ2v) is 13.9. The van der Waals surface area contributed by atoms with Gasteiger partial charge in [-0.25, -0.2) is 0 Å². The fraction of sp³-hybridized carbons (Fsp3) is 0.318. The summed E-state index contributed by atoms with van der Waals surface area (Å²) in [6.07, 6.45) is 0.141. The Labute approximate surface area is 221 Å². The van der Waals surface area contributed by atoms with Gasteiger partial charge in [0.25, 0.3) is 20.2 Å². The van der Waals surface area contributed by atoms with Gasteiger partial charge in [-0.1, -0.05) is 40.8 Å². The summed E-state index contributed by atoms with van der Waals surface area (Å²) in [4.78, 5) is 2.51. The first-order valence-corrected chi connectivity index (χ1v) is 16.0. The number of benzene rings is 2.